The van der Waals surface area contributed by atoms with Crippen molar-refractivity contribution in [3.05, 3.63) is 17.0 Å². The predicted octanol–water partition coefficient (Wildman–Crippen LogP) is 0.165. The molecule has 2 heteroatoms. The van der Waals surface area contributed by atoms with Crippen LogP contribution in [0.2, 0.25) is 0 Å². The third-order valence-corrected chi connectivity index (χ3v) is 2.24. The van der Waals surface area contributed by atoms with Crippen LogP contribution in [0.5, 0.6) is 0 Å². The van der Waals surface area contributed by atoms with E-state index in [0.29, 0.717) is 0 Å². The van der Waals surface area contributed by atoms with Crippen LogP contribution in [0.3, 0.4) is 0 Å². The van der Waals surface area contributed by atoms with Crippen LogP contribution in [0.25, 0.3) is 11.6 Å². The summed E-state index contributed by atoms with van der Waals surface area (Å²) in [5.74, 6) is 0. The van der Waals surface area contributed by atoms with Gasteiger partial charge in [0.15, 0.2) is 0 Å². The van der Waals surface area contributed by atoms with Gasteiger partial charge in [-0.1, -0.05) is 6.08 Å². The first kappa shape index (κ1) is 6.65. The molecule has 0 saturated carbocycles. The van der Waals surface area contributed by atoms with Crippen LogP contribution in [-0.4, -0.2) is 9.55 Å². The molecule has 0 aliphatic heterocycles. The molecule has 2 nitrogen and oxygen atoms in total. The first-order chi connectivity index (χ1) is 5.29. The maximum atomic E-state index is 4.33. The largest absolute Gasteiger partial charge is 0.334 e. The van der Waals surface area contributed by atoms with E-state index in [0.717, 1.165) is 0 Å². The van der Waals surface area contributed by atoms with Gasteiger partial charge in [-0.3, -0.25) is 0 Å². The normalized spacial score (nSPS) is 16.0. The van der Waals surface area contributed by atoms with Gasteiger partial charge < -0.3 is 4.57 Å². The maximum absolute atomic E-state index is 4.33. The van der Waals surface area contributed by atoms with Gasteiger partial charge in [-0.15, -0.1) is 0 Å². The second-order valence-electron chi connectivity index (χ2n) is 3.11. The summed E-state index contributed by atoms with van der Waals surface area (Å²) in [7, 11) is 2.04. The molecular weight excluding hydrogens is 136 g/mol. The lowest BCUT2D eigenvalue weighted by atomic mass is 10.1. The molecule has 0 radical (unpaired) electrons. The SMILES string of the molecule is CC1=c2ncn(C)c2=CCC1. The highest BCUT2D eigenvalue weighted by Gasteiger charge is 2.02. The molecule has 0 amide bonds. The van der Waals surface area contributed by atoms with Crippen LogP contribution in [0.4, 0.5) is 0 Å². The second kappa shape index (κ2) is 2.22. The number of hydrogen-bond donors (Lipinski definition) is 0. The van der Waals surface area contributed by atoms with Crippen molar-refractivity contribution in [3.63, 3.8) is 0 Å². The molecule has 58 valence electrons. The van der Waals surface area contributed by atoms with E-state index in [-0.39, 0.29) is 0 Å². The molecule has 0 saturated heterocycles. The summed E-state index contributed by atoms with van der Waals surface area (Å²) in [6.45, 7) is 2.17. The van der Waals surface area contributed by atoms with Crippen molar-refractivity contribution in [1.29, 1.82) is 0 Å². The Kier molecular flexibility index (Phi) is 1.34. The highest BCUT2D eigenvalue weighted by molar-refractivity contribution is 5.45. The summed E-state index contributed by atoms with van der Waals surface area (Å²) in [6, 6.07) is 0. The lowest BCUT2D eigenvalue weighted by Gasteiger charge is -2.01. The highest BCUT2D eigenvalue weighted by atomic mass is 15.0. The summed E-state index contributed by atoms with van der Waals surface area (Å²) < 4.78 is 2.08. The number of fused-ring (bicyclic) bond motifs is 1. The van der Waals surface area contributed by atoms with Gasteiger partial charge in [0.2, 0.25) is 0 Å². The lowest BCUT2D eigenvalue weighted by molar-refractivity contribution is 0.870. The summed E-state index contributed by atoms with van der Waals surface area (Å²) in [5.41, 5.74) is 1.42. The number of imidazole rings is 1. The van der Waals surface area contributed by atoms with Crippen LogP contribution >= 0.6 is 0 Å². The topological polar surface area (TPSA) is 17.8 Å². The Hall–Kier alpha value is -1.05. The van der Waals surface area contributed by atoms with E-state index < -0.39 is 0 Å². The van der Waals surface area contributed by atoms with Gasteiger partial charge in [0.1, 0.15) is 0 Å². The number of hydrogen-bond acceptors (Lipinski definition) is 1. The Morgan fingerprint density at radius 1 is 1.55 bits per heavy atom. The number of aromatic nitrogens is 2. The van der Waals surface area contributed by atoms with Crippen LogP contribution in [0, 0.1) is 0 Å². The van der Waals surface area contributed by atoms with Gasteiger partial charge in [-0.25, -0.2) is 4.98 Å². The summed E-state index contributed by atoms with van der Waals surface area (Å²) in [5, 5.41) is 2.48. The zero-order valence-electron chi connectivity index (χ0n) is 6.96. The quantitative estimate of drug-likeness (QED) is 0.512. The van der Waals surface area contributed by atoms with Crippen molar-refractivity contribution in [2.75, 3.05) is 0 Å². The average Bonchev–Trinajstić information content (AvgIpc) is 2.35. The van der Waals surface area contributed by atoms with Gasteiger partial charge in [0.25, 0.3) is 0 Å². The molecule has 2 rings (SSSR count). The first-order valence-corrected chi connectivity index (χ1v) is 3.96. The van der Waals surface area contributed by atoms with Crippen molar-refractivity contribution in [2.45, 2.75) is 19.8 Å². The minimum absolute atomic E-state index is 1.17. The summed E-state index contributed by atoms with van der Waals surface area (Å²) >= 11 is 0. The minimum atomic E-state index is 1.17. The standard InChI is InChI=1S/C9H12N2/c1-7-4-3-5-8-9(7)10-6-11(8)2/h5-6H,3-4H2,1-2H3. The molecule has 0 atom stereocenters. The highest BCUT2D eigenvalue weighted by Crippen LogP contribution is 2.04. The smallest absolute Gasteiger partial charge is 0.0955 e. The van der Waals surface area contributed by atoms with Gasteiger partial charge >= 0.3 is 0 Å². The van der Waals surface area contributed by atoms with Crippen LogP contribution in [-0.2, 0) is 7.05 Å². The molecule has 11 heavy (non-hydrogen) atoms. The Morgan fingerprint density at radius 3 is 3.09 bits per heavy atom. The van der Waals surface area contributed by atoms with Gasteiger partial charge in [-0.2, -0.15) is 0 Å². The van der Waals surface area contributed by atoms with Crippen LogP contribution < -0.4 is 10.7 Å². The molecule has 0 N–H and O–H groups in total. The van der Waals surface area contributed by atoms with Crippen molar-refractivity contribution >= 4 is 11.6 Å². The first-order valence-electron chi connectivity index (χ1n) is 3.96. The van der Waals surface area contributed by atoms with Gasteiger partial charge in [0, 0.05) is 7.05 Å². The molecule has 0 bridgehead atoms. The second-order valence-corrected chi connectivity index (χ2v) is 3.11. The zero-order valence-corrected chi connectivity index (χ0v) is 6.96. The van der Waals surface area contributed by atoms with Crippen molar-refractivity contribution in [3.8, 4) is 0 Å². The van der Waals surface area contributed by atoms with Crippen molar-refractivity contribution < 1.29 is 0 Å². The number of aryl methyl sites for hydroxylation is 1. The van der Waals surface area contributed by atoms with E-state index in [1.807, 2.05) is 13.4 Å². The third-order valence-electron chi connectivity index (χ3n) is 2.24. The van der Waals surface area contributed by atoms with E-state index >= 15 is 0 Å². The average molecular weight is 148 g/mol. The molecule has 1 aromatic heterocycles. The van der Waals surface area contributed by atoms with E-state index in [4.69, 9.17) is 0 Å². The summed E-state index contributed by atoms with van der Waals surface area (Å²) in [4.78, 5) is 4.33. The predicted molar refractivity (Wildman–Crippen MR) is 45.2 cm³/mol. The number of rotatable bonds is 0. The fourth-order valence-electron chi connectivity index (χ4n) is 1.55. The molecule has 1 aliphatic rings. The lowest BCUT2D eigenvalue weighted by Crippen LogP contribution is -2.32. The third kappa shape index (κ3) is 0.897. The minimum Gasteiger partial charge on any atom is -0.334 e. The fraction of sp³-hybridized carbons (Fsp3) is 0.444. The van der Waals surface area contributed by atoms with Gasteiger partial charge in [-0.05, 0) is 25.3 Å². The van der Waals surface area contributed by atoms with Crippen LogP contribution in [0.1, 0.15) is 19.8 Å². The Labute approximate surface area is 65.9 Å². The van der Waals surface area contributed by atoms with Crippen molar-refractivity contribution in [1.82, 2.24) is 9.55 Å². The molecule has 0 aromatic carbocycles. The zero-order chi connectivity index (χ0) is 7.84. The Morgan fingerprint density at radius 2 is 2.36 bits per heavy atom. The molecule has 1 aromatic rings. The van der Waals surface area contributed by atoms with Crippen LogP contribution in [0.15, 0.2) is 6.33 Å². The summed E-state index contributed by atoms with van der Waals surface area (Å²) in [6.07, 6.45) is 6.48. The van der Waals surface area contributed by atoms with Gasteiger partial charge in [0.05, 0.1) is 17.0 Å². The van der Waals surface area contributed by atoms with E-state index in [9.17, 15) is 0 Å². The van der Waals surface area contributed by atoms with E-state index in [2.05, 4.69) is 22.6 Å². The maximum Gasteiger partial charge on any atom is 0.0955 e. The monoisotopic (exact) mass is 148 g/mol. The van der Waals surface area contributed by atoms with E-state index in [1.165, 1.54) is 29.1 Å². The fourth-order valence-corrected chi connectivity index (χ4v) is 1.55. The Bertz CT molecular complexity index is 384. The Balaban J connectivity index is 2.92. The molecule has 1 aliphatic carbocycles. The van der Waals surface area contributed by atoms with E-state index in [1.54, 1.807) is 0 Å². The molecule has 0 spiro atoms. The molecule has 0 fully saturated rings. The molecule has 0 unspecified atom stereocenters. The molecule has 1 heterocycles. The van der Waals surface area contributed by atoms with Crippen molar-refractivity contribution in [2.24, 2.45) is 7.05 Å². The number of nitrogens with zero attached hydrogens (tertiary/aromatic N) is 2. The molecular formula is C9H12N2.